The summed E-state index contributed by atoms with van der Waals surface area (Å²) in [6.07, 6.45) is -0.703. The lowest BCUT2D eigenvalue weighted by Crippen LogP contribution is -2.26. The summed E-state index contributed by atoms with van der Waals surface area (Å²) in [6.45, 7) is -0.0214. The largest absolute Gasteiger partial charge is 0.481 e. The van der Waals surface area contributed by atoms with E-state index in [-0.39, 0.29) is 18.5 Å². The van der Waals surface area contributed by atoms with Crippen molar-refractivity contribution >= 4 is 11.9 Å². The van der Waals surface area contributed by atoms with Crippen LogP contribution in [0.4, 0.5) is 4.39 Å². The molecule has 126 valence electrons. The zero-order valence-electron chi connectivity index (χ0n) is 13.2. The number of carboxylic acids is 1. The van der Waals surface area contributed by atoms with Crippen molar-refractivity contribution in [3.05, 3.63) is 71.0 Å². The van der Waals surface area contributed by atoms with Crippen LogP contribution in [-0.4, -0.2) is 30.6 Å². The molecule has 0 radical (unpaired) electrons. The van der Waals surface area contributed by atoms with Crippen molar-refractivity contribution in [2.45, 2.75) is 12.5 Å². The first-order valence-corrected chi connectivity index (χ1v) is 7.39. The number of carboxylic acid groups (broad SMARTS) is 1. The van der Waals surface area contributed by atoms with Crippen LogP contribution in [0.25, 0.3) is 0 Å². The highest BCUT2D eigenvalue weighted by atomic mass is 19.1. The Bertz CT molecular complexity index is 718. The minimum Gasteiger partial charge on any atom is -0.481 e. The second-order valence-electron chi connectivity index (χ2n) is 5.20. The van der Waals surface area contributed by atoms with Crippen molar-refractivity contribution < 1.29 is 23.8 Å². The first-order chi connectivity index (χ1) is 11.5. The number of methoxy groups -OCH3 is 1. The molecule has 2 N–H and O–H groups in total. The van der Waals surface area contributed by atoms with Crippen molar-refractivity contribution in [3.63, 3.8) is 0 Å². The van der Waals surface area contributed by atoms with Gasteiger partial charge < -0.3 is 15.2 Å². The summed E-state index contributed by atoms with van der Waals surface area (Å²) in [4.78, 5) is 22.5. The number of aliphatic carboxylic acids is 1. The molecular weight excluding hydrogens is 313 g/mol. The van der Waals surface area contributed by atoms with E-state index in [1.807, 2.05) is 30.3 Å². The molecule has 2 rings (SSSR count). The Kier molecular flexibility index (Phi) is 6.03. The van der Waals surface area contributed by atoms with Gasteiger partial charge in [-0.3, -0.25) is 9.59 Å². The number of ether oxygens (including phenoxy) is 1. The van der Waals surface area contributed by atoms with Gasteiger partial charge in [-0.15, -0.1) is 0 Å². The SMILES string of the molecule is COC(c1ccccc1)c1cc(F)cc(C(=O)NCCC(=O)O)c1. The highest BCUT2D eigenvalue weighted by Gasteiger charge is 2.17. The molecule has 1 atom stereocenters. The number of hydrogen-bond acceptors (Lipinski definition) is 3. The molecule has 24 heavy (non-hydrogen) atoms. The quantitative estimate of drug-likeness (QED) is 0.818. The Morgan fingerprint density at radius 1 is 1.17 bits per heavy atom. The van der Waals surface area contributed by atoms with Gasteiger partial charge in [0.1, 0.15) is 11.9 Å². The maximum absolute atomic E-state index is 13.9. The van der Waals surface area contributed by atoms with Gasteiger partial charge in [-0.25, -0.2) is 4.39 Å². The molecular formula is C18H18FNO4. The summed E-state index contributed by atoms with van der Waals surface area (Å²) in [5, 5.41) is 11.0. The van der Waals surface area contributed by atoms with Crippen molar-refractivity contribution in [2.24, 2.45) is 0 Å². The molecule has 0 fully saturated rings. The van der Waals surface area contributed by atoms with Gasteiger partial charge >= 0.3 is 5.97 Å². The Hall–Kier alpha value is -2.73. The van der Waals surface area contributed by atoms with Crippen molar-refractivity contribution in [2.75, 3.05) is 13.7 Å². The Morgan fingerprint density at radius 3 is 2.50 bits per heavy atom. The van der Waals surface area contributed by atoms with Gasteiger partial charge in [-0.05, 0) is 29.3 Å². The zero-order valence-corrected chi connectivity index (χ0v) is 13.2. The normalized spacial score (nSPS) is 11.8. The average Bonchev–Trinajstić information content (AvgIpc) is 2.55. The van der Waals surface area contributed by atoms with Gasteiger partial charge in [-0.1, -0.05) is 30.3 Å². The Balaban J connectivity index is 2.24. The van der Waals surface area contributed by atoms with Crippen LogP contribution >= 0.6 is 0 Å². The van der Waals surface area contributed by atoms with E-state index in [1.54, 1.807) is 6.07 Å². The number of hydrogen-bond donors (Lipinski definition) is 2. The standard InChI is InChI=1S/C18H18FNO4/c1-24-17(12-5-3-2-4-6-12)13-9-14(11-15(19)10-13)18(23)20-8-7-16(21)22/h2-6,9-11,17H,7-8H2,1H3,(H,20,23)(H,21,22). The monoisotopic (exact) mass is 331 g/mol. The molecule has 0 aliphatic rings. The minimum absolute atomic E-state index is 0.0214. The first kappa shape index (κ1) is 17.6. The lowest BCUT2D eigenvalue weighted by atomic mass is 9.99. The maximum Gasteiger partial charge on any atom is 0.305 e. The van der Waals surface area contributed by atoms with Gasteiger partial charge in [0.2, 0.25) is 0 Å². The summed E-state index contributed by atoms with van der Waals surface area (Å²) >= 11 is 0. The molecule has 5 nitrogen and oxygen atoms in total. The maximum atomic E-state index is 13.9. The molecule has 0 saturated heterocycles. The highest BCUT2D eigenvalue weighted by molar-refractivity contribution is 5.94. The van der Waals surface area contributed by atoms with Crippen LogP contribution in [0.1, 0.15) is 34.0 Å². The van der Waals surface area contributed by atoms with Gasteiger partial charge in [0.05, 0.1) is 6.42 Å². The topological polar surface area (TPSA) is 75.6 Å². The number of amides is 1. The van der Waals surface area contributed by atoms with Crippen LogP contribution in [0.15, 0.2) is 48.5 Å². The molecule has 6 heteroatoms. The summed E-state index contributed by atoms with van der Waals surface area (Å²) in [6, 6.07) is 13.2. The molecule has 1 unspecified atom stereocenters. The van der Waals surface area contributed by atoms with E-state index >= 15 is 0 Å². The first-order valence-electron chi connectivity index (χ1n) is 7.39. The second kappa shape index (κ2) is 8.21. The second-order valence-corrected chi connectivity index (χ2v) is 5.20. The third-order valence-corrected chi connectivity index (χ3v) is 3.45. The summed E-state index contributed by atoms with van der Waals surface area (Å²) in [5.74, 6) is -2.10. The van der Waals surface area contributed by atoms with Crippen LogP contribution in [0, 0.1) is 5.82 Å². The van der Waals surface area contributed by atoms with Crippen molar-refractivity contribution in [1.82, 2.24) is 5.32 Å². The number of nitrogens with one attached hydrogen (secondary N) is 1. The van der Waals surface area contributed by atoms with Crippen LogP contribution in [0.2, 0.25) is 0 Å². The molecule has 1 amide bonds. The van der Waals surface area contributed by atoms with Gasteiger partial charge in [-0.2, -0.15) is 0 Å². The molecule has 0 aliphatic heterocycles. The molecule has 2 aromatic rings. The van der Waals surface area contributed by atoms with E-state index < -0.39 is 23.8 Å². The number of halogens is 1. The number of benzene rings is 2. The predicted octanol–water partition coefficient (Wildman–Crippen LogP) is 2.77. The summed E-state index contributed by atoms with van der Waals surface area (Å²) in [5.41, 5.74) is 1.46. The van der Waals surface area contributed by atoms with E-state index in [2.05, 4.69) is 5.32 Å². The summed E-state index contributed by atoms with van der Waals surface area (Å²) in [7, 11) is 1.51. The molecule has 0 saturated carbocycles. The van der Waals surface area contributed by atoms with Crippen molar-refractivity contribution in [3.8, 4) is 0 Å². The van der Waals surface area contributed by atoms with E-state index in [4.69, 9.17) is 9.84 Å². The van der Waals surface area contributed by atoms with E-state index in [9.17, 15) is 14.0 Å². The third-order valence-electron chi connectivity index (χ3n) is 3.45. The highest BCUT2D eigenvalue weighted by Crippen LogP contribution is 2.26. The predicted molar refractivity (Wildman–Crippen MR) is 86.3 cm³/mol. The van der Waals surface area contributed by atoms with Crippen LogP contribution in [0.5, 0.6) is 0 Å². The van der Waals surface area contributed by atoms with Crippen molar-refractivity contribution in [1.29, 1.82) is 0 Å². The molecule has 2 aromatic carbocycles. The lowest BCUT2D eigenvalue weighted by Gasteiger charge is -2.17. The average molecular weight is 331 g/mol. The Morgan fingerprint density at radius 2 is 1.88 bits per heavy atom. The fourth-order valence-electron chi connectivity index (χ4n) is 2.37. The third kappa shape index (κ3) is 4.63. The molecule has 0 spiro atoms. The zero-order chi connectivity index (χ0) is 17.5. The minimum atomic E-state index is -1.02. The number of carbonyl (C=O) groups excluding carboxylic acids is 1. The van der Waals surface area contributed by atoms with E-state index in [0.717, 1.165) is 11.6 Å². The number of carbonyl (C=O) groups is 2. The fraction of sp³-hybridized carbons (Fsp3) is 0.222. The van der Waals surface area contributed by atoms with Gasteiger partial charge in [0, 0.05) is 19.2 Å². The van der Waals surface area contributed by atoms with Gasteiger partial charge in [0.25, 0.3) is 5.91 Å². The van der Waals surface area contributed by atoms with Crippen LogP contribution in [-0.2, 0) is 9.53 Å². The lowest BCUT2D eigenvalue weighted by molar-refractivity contribution is -0.136. The molecule has 0 aliphatic carbocycles. The fourth-order valence-corrected chi connectivity index (χ4v) is 2.37. The molecule has 0 aromatic heterocycles. The van der Waals surface area contributed by atoms with Crippen LogP contribution in [0.3, 0.4) is 0 Å². The van der Waals surface area contributed by atoms with Crippen LogP contribution < -0.4 is 5.32 Å². The Labute approximate surface area is 139 Å². The van der Waals surface area contributed by atoms with E-state index in [0.29, 0.717) is 5.56 Å². The summed E-state index contributed by atoms with van der Waals surface area (Å²) < 4.78 is 19.4. The number of rotatable bonds is 7. The molecule has 0 bridgehead atoms. The van der Waals surface area contributed by atoms with E-state index in [1.165, 1.54) is 13.2 Å². The van der Waals surface area contributed by atoms with Gasteiger partial charge in [0.15, 0.2) is 0 Å². The molecule has 0 heterocycles. The smallest absolute Gasteiger partial charge is 0.305 e.